The third-order valence-corrected chi connectivity index (χ3v) is 6.73. The first-order chi connectivity index (χ1) is 16.6. The van der Waals surface area contributed by atoms with E-state index in [1.165, 1.54) is 17.0 Å². The van der Waals surface area contributed by atoms with Crippen LogP contribution in [-0.4, -0.2) is 39.8 Å². The van der Waals surface area contributed by atoms with Crippen LogP contribution in [0.5, 0.6) is 0 Å². The SMILES string of the molecule is Nc1c(Cl)c(-c2ccc(F)cc2F)nn1CC(=O)N1CC[C@@]2(C1)OC(=O)Nc1ccc(Cl)c(F)c12. The number of rotatable bonds is 3. The lowest BCUT2D eigenvalue weighted by molar-refractivity contribution is -0.132. The number of amides is 2. The second kappa shape index (κ2) is 8.35. The average molecular weight is 526 g/mol. The Morgan fingerprint density at radius 1 is 1.23 bits per heavy atom. The number of benzene rings is 2. The van der Waals surface area contributed by atoms with Crippen molar-refractivity contribution in [3.63, 3.8) is 0 Å². The van der Waals surface area contributed by atoms with E-state index in [0.29, 0.717) is 6.07 Å². The van der Waals surface area contributed by atoms with Gasteiger partial charge in [-0.05, 0) is 24.3 Å². The van der Waals surface area contributed by atoms with Gasteiger partial charge in [0.05, 0.1) is 22.8 Å². The lowest BCUT2D eigenvalue weighted by Crippen LogP contribution is -2.44. The van der Waals surface area contributed by atoms with E-state index in [0.717, 1.165) is 16.8 Å². The Hall–Kier alpha value is -3.44. The Labute approximate surface area is 206 Å². The zero-order valence-corrected chi connectivity index (χ0v) is 19.3. The number of halogens is 5. The van der Waals surface area contributed by atoms with Crippen LogP contribution in [0.1, 0.15) is 12.0 Å². The first kappa shape index (κ1) is 23.3. The van der Waals surface area contributed by atoms with Crippen LogP contribution in [-0.2, 0) is 21.7 Å². The van der Waals surface area contributed by atoms with Crippen LogP contribution in [0.3, 0.4) is 0 Å². The molecule has 2 aromatic carbocycles. The van der Waals surface area contributed by atoms with Crippen molar-refractivity contribution in [2.45, 2.75) is 18.6 Å². The van der Waals surface area contributed by atoms with Crippen molar-refractivity contribution in [1.82, 2.24) is 14.7 Å². The summed E-state index contributed by atoms with van der Waals surface area (Å²) in [4.78, 5) is 26.6. The maximum atomic E-state index is 14.9. The number of likely N-dealkylation sites (tertiary alicyclic amines) is 1. The summed E-state index contributed by atoms with van der Waals surface area (Å²) in [7, 11) is 0. The van der Waals surface area contributed by atoms with Gasteiger partial charge >= 0.3 is 6.09 Å². The van der Waals surface area contributed by atoms with Gasteiger partial charge in [0.1, 0.15) is 34.7 Å². The van der Waals surface area contributed by atoms with Crippen LogP contribution in [0.4, 0.5) is 29.5 Å². The Morgan fingerprint density at radius 3 is 2.74 bits per heavy atom. The van der Waals surface area contributed by atoms with E-state index in [4.69, 9.17) is 33.7 Å². The molecule has 35 heavy (non-hydrogen) atoms. The molecule has 2 aliphatic rings. The number of hydrogen-bond acceptors (Lipinski definition) is 5. The number of nitrogens with zero attached hydrogens (tertiary/aromatic N) is 3. The summed E-state index contributed by atoms with van der Waals surface area (Å²) in [5.74, 6) is -2.98. The Morgan fingerprint density at radius 2 is 2.00 bits per heavy atom. The molecule has 182 valence electrons. The predicted molar refractivity (Wildman–Crippen MR) is 121 cm³/mol. The number of nitrogens with one attached hydrogen (secondary N) is 1. The first-order valence-electron chi connectivity index (χ1n) is 10.3. The first-order valence-corrected chi connectivity index (χ1v) is 11.1. The van der Waals surface area contributed by atoms with E-state index in [1.54, 1.807) is 0 Å². The van der Waals surface area contributed by atoms with Crippen LogP contribution >= 0.6 is 23.2 Å². The highest BCUT2D eigenvalue weighted by Gasteiger charge is 2.50. The summed E-state index contributed by atoms with van der Waals surface area (Å²) in [6.07, 6.45) is -0.639. The van der Waals surface area contributed by atoms with Gasteiger partial charge in [-0.1, -0.05) is 23.2 Å². The van der Waals surface area contributed by atoms with E-state index in [9.17, 15) is 22.8 Å². The van der Waals surface area contributed by atoms with Gasteiger partial charge in [0, 0.05) is 24.6 Å². The highest BCUT2D eigenvalue weighted by atomic mass is 35.5. The molecule has 3 heterocycles. The number of ether oxygens (including phenoxy) is 1. The van der Waals surface area contributed by atoms with Gasteiger partial charge in [0.15, 0.2) is 11.4 Å². The summed E-state index contributed by atoms with van der Waals surface area (Å²) < 4.78 is 49.0. The maximum Gasteiger partial charge on any atom is 0.412 e. The monoisotopic (exact) mass is 525 g/mol. The van der Waals surface area contributed by atoms with Gasteiger partial charge < -0.3 is 15.4 Å². The Kier molecular flexibility index (Phi) is 5.56. The fourth-order valence-corrected chi connectivity index (χ4v) is 4.80. The molecule has 5 rings (SSSR count). The molecular formula is C22H16Cl2F3N5O3. The molecule has 3 aromatic rings. The Bertz CT molecular complexity index is 1400. The molecule has 1 saturated heterocycles. The van der Waals surface area contributed by atoms with Crippen LogP contribution in [0.2, 0.25) is 10.0 Å². The molecule has 2 aliphatic heterocycles. The molecule has 0 aliphatic carbocycles. The molecule has 0 unspecified atom stereocenters. The van der Waals surface area contributed by atoms with Gasteiger partial charge in [0.25, 0.3) is 0 Å². The lowest BCUT2D eigenvalue weighted by Gasteiger charge is -2.35. The van der Waals surface area contributed by atoms with Crippen molar-refractivity contribution >= 4 is 46.7 Å². The quantitative estimate of drug-likeness (QED) is 0.522. The second-order valence-electron chi connectivity index (χ2n) is 8.19. The summed E-state index contributed by atoms with van der Waals surface area (Å²) in [5, 5.41) is 6.33. The van der Waals surface area contributed by atoms with Gasteiger partial charge in [-0.25, -0.2) is 22.6 Å². The van der Waals surface area contributed by atoms with Crippen molar-refractivity contribution in [2.24, 2.45) is 0 Å². The van der Waals surface area contributed by atoms with Crippen LogP contribution < -0.4 is 11.1 Å². The number of hydrogen-bond donors (Lipinski definition) is 2. The Balaban J connectivity index is 1.41. The highest BCUT2D eigenvalue weighted by Crippen LogP contribution is 2.45. The molecule has 3 N–H and O–H groups in total. The number of fused-ring (bicyclic) bond motifs is 2. The summed E-state index contributed by atoms with van der Waals surface area (Å²) >= 11 is 12.2. The van der Waals surface area contributed by atoms with E-state index in [2.05, 4.69) is 10.4 Å². The molecule has 1 spiro atoms. The van der Waals surface area contributed by atoms with Crippen molar-refractivity contribution < 1.29 is 27.5 Å². The molecular weight excluding hydrogens is 510 g/mol. The standard InChI is InChI=1S/C22H16Cl2F3N5O3/c23-12-3-4-14-16(18(12)27)22(35-21(34)29-14)5-6-31(9-22)15(33)8-32-20(28)17(24)19(30-32)11-2-1-10(25)7-13(11)26/h1-4,7H,5-6,8-9,28H2,(H,29,34)/t22-/m0/s1. The summed E-state index contributed by atoms with van der Waals surface area (Å²) in [6, 6.07) is 5.67. The number of anilines is 2. The molecule has 2 amide bonds. The molecule has 1 aromatic heterocycles. The number of nitrogen functional groups attached to an aromatic ring is 1. The van der Waals surface area contributed by atoms with E-state index in [-0.39, 0.29) is 64.4 Å². The van der Waals surface area contributed by atoms with Gasteiger partial charge in [-0.15, -0.1) is 0 Å². The molecule has 0 saturated carbocycles. The number of nitrogens with two attached hydrogens (primary N) is 1. The number of carbonyl (C=O) groups is 2. The molecule has 1 atom stereocenters. The van der Waals surface area contributed by atoms with Crippen LogP contribution in [0.25, 0.3) is 11.3 Å². The molecule has 13 heteroatoms. The van der Waals surface area contributed by atoms with E-state index < -0.39 is 35.1 Å². The molecule has 0 bridgehead atoms. The van der Waals surface area contributed by atoms with Crippen LogP contribution in [0, 0.1) is 17.5 Å². The lowest BCUT2D eigenvalue weighted by atomic mass is 9.89. The minimum Gasteiger partial charge on any atom is -0.436 e. The highest BCUT2D eigenvalue weighted by molar-refractivity contribution is 6.35. The second-order valence-corrected chi connectivity index (χ2v) is 8.97. The zero-order valence-electron chi connectivity index (χ0n) is 17.7. The number of aromatic nitrogens is 2. The summed E-state index contributed by atoms with van der Waals surface area (Å²) in [6.45, 7) is -0.356. The van der Waals surface area contributed by atoms with E-state index >= 15 is 0 Å². The van der Waals surface area contributed by atoms with E-state index in [1.807, 2.05) is 0 Å². The fourth-order valence-electron chi connectivity index (χ4n) is 4.40. The fraction of sp³-hybridized carbons (Fsp3) is 0.227. The maximum absolute atomic E-state index is 14.9. The number of carbonyl (C=O) groups excluding carboxylic acids is 2. The normalized spacial score (nSPS) is 19.0. The third-order valence-electron chi connectivity index (χ3n) is 6.06. The zero-order chi connectivity index (χ0) is 25.1. The minimum absolute atomic E-state index is 0.0507. The van der Waals surface area contributed by atoms with Gasteiger partial charge in [-0.2, -0.15) is 5.10 Å². The summed E-state index contributed by atoms with van der Waals surface area (Å²) in [5.41, 5.74) is 4.71. The largest absolute Gasteiger partial charge is 0.436 e. The van der Waals surface area contributed by atoms with Crippen LogP contribution in [0.15, 0.2) is 30.3 Å². The molecule has 8 nitrogen and oxygen atoms in total. The molecule has 0 radical (unpaired) electrons. The van der Waals surface area contributed by atoms with Gasteiger partial charge in [0.2, 0.25) is 5.91 Å². The minimum atomic E-state index is -1.42. The van der Waals surface area contributed by atoms with Crippen molar-refractivity contribution in [3.8, 4) is 11.3 Å². The van der Waals surface area contributed by atoms with Crippen molar-refractivity contribution in [3.05, 3.63) is 63.4 Å². The van der Waals surface area contributed by atoms with Crippen molar-refractivity contribution in [1.29, 1.82) is 0 Å². The predicted octanol–water partition coefficient (Wildman–Crippen LogP) is 4.55. The molecule has 1 fully saturated rings. The van der Waals surface area contributed by atoms with Gasteiger partial charge in [-0.3, -0.25) is 10.1 Å². The van der Waals surface area contributed by atoms with Crippen molar-refractivity contribution in [2.75, 3.05) is 24.1 Å². The topological polar surface area (TPSA) is 102 Å². The smallest absolute Gasteiger partial charge is 0.412 e. The average Bonchev–Trinajstić information content (AvgIpc) is 3.33. The third kappa shape index (κ3) is 3.84.